The van der Waals surface area contributed by atoms with E-state index < -0.39 is 0 Å². The van der Waals surface area contributed by atoms with Gasteiger partial charge in [-0.05, 0) is 33.6 Å². The number of aryl methyl sites for hydroxylation is 1. The predicted molar refractivity (Wildman–Crippen MR) is 71.5 cm³/mol. The standard InChI is InChI=1S/C14H23N3/c1-5-6-7-8-9-17-12-15-10-13(17)11-16-14(2,3)4/h1,10,12,16H,6-9,11H2,2-4H3. The molecule has 0 aliphatic rings. The quantitative estimate of drug-likeness (QED) is 0.604. The Bertz CT molecular complexity index is 366. The number of terminal acetylenes is 1. The number of hydrogen-bond acceptors (Lipinski definition) is 2. The van der Waals surface area contributed by atoms with E-state index in [0.717, 1.165) is 32.4 Å². The number of imidazole rings is 1. The monoisotopic (exact) mass is 233 g/mol. The summed E-state index contributed by atoms with van der Waals surface area (Å²) in [5.41, 5.74) is 1.37. The average Bonchev–Trinajstić information content (AvgIpc) is 2.68. The fraction of sp³-hybridized carbons (Fsp3) is 0.643. The Balaban J connectivity index is 2.41. The van der Waals surface area contributed by atoms with Gasteiger partial charge in [0.15, 0.2) is 0 Å². The first-order valence-electron chi connectivity index (χ1n) is 6.20. The van der Waals surface area contributed by atoms with Crippen molar-refractivity contribution in [3.63, 3.8) is 0 Å². The molecule has 0 fully saturated rings. The van der Waals surface area contributed by atoms with Crippen molar-refractivity contribution >= 4 is 0 Å². The fourth-order valence-corrected chi connectivity index (χ4v) is 1.56. The fourth-order valence-electron chi connectivity index (χ4n) is 1.56. The lowest BCUT2D eigenvalue weighted by molar-refractivity contribution is 0.414. The molecule has 3 nitrogen and oxygen atoms in total. The van der Waals surface area contributed by atoms with Crippen molar-refractivity contribution in [3.05, 3.63) is 18.2 Å². The third kappa shape index (κ3) is 5.55. The number of aromatic nitrogens is 2. The largest absolute Gasteiger partial charge is 0.333 e. The first kappa shape index (κ1) is 13.8. The molecule has 0 saturated carbocycles. The van der Waals surface area contributed by atoms with Crippen LogP contribution in [0.15, 0.2) is 12.5 Å². The second-order valence-corrected chi connectivity index (χ2v) is 5.34. The second kappa shape index (κ2) is 6.46. The topological polar surface area (TPSA) is 29.9 Å². The molecular weight excluding hydrogens is 210 g/mol. The van der Waals surface area contributed by atoms with Gasteiger partial charge in [-0.3, -0.25) is 0 Å². The van der Waals surface area contributed by atoms with Crippen LogP contribution < -0.4 is 5.32 Å². The summed E-state index contributed by atoms with van der Waals surface area (Å²) in [6, 6.07) is 0. The molecule has 0 saturated heterocycles. The normalized spacial score (nSPS) is 11.4. The van der Waals surface area contributed by atoms with E-state index in [2.05, 4.69) is 41.6 Å². The molecule has 0 aromatic carbocycles. The minimum Gasteiger partial charge on any atom is -0.333 e. The Morgan fingerprint density at radius 2 is 2.18 bits per heavy atom. The van der Waals surface area contributed by atoms with Crippen molar-refractivity contribution in [3.8, 4) is 12.3 Å². The highest BCUT2D eigenvalue weighted by molar-refractivity contribution is 4.98. The van der Waals surface area contributed by atoms with Crippen LogP contribution in [0.2, 0.25) is 0 Å². The van der Waals surface area contributed by atoms with Crippen LogP contribution in [0.3, 0.4) is 0 Å². The van der Waals surface area contributed by atoms with E-state index in [1.165, 1.54) is 5.69 Å². The minimum atomic E-state index is 0.137. The molecular formula is C14H23N3. The highest BCUT2D eigenvalue weighted by Gasteiger charge is 2.10. The zero-order valence-corrected chi connectivity index (χ0v) is 11.2. The maximum Gasteiger partial charge on any atom is 0.0948 e. The maximum absolute atomic E-state index is 5.23. The molecule has 0 amide bonds. The van der Waals surface area contributed by atoms with Gasteiger partial charge >= 0.3 is 0 Å². The highest BCUT2D eigenvalue weighted by Crippen LogP contribution is 2.06. The number of nitrogens with zero attached hydrogens (tertiary/aromatic N) is 2. The molecule has 3 heteroatoms. The van der Waals surface area contributed by atoms with Gasteiger partial charge < -0.3 is 9.88 Å². The van der Waals surface area contributed by atoms with Gasteiger partial charge in [-0.25, -0.2) is 4.98 Å². The molecule has 1 N–H and O–H groups in total. The number of nitrogens with one attached hydrogen (secondary N) is 1. The van der Waals surface area contributed by atoms with Gasteiger partial charge in [0.1, 0.15) is 0 Å². The summed E-state index contributed by atoms with van der Waals surface area (Å²) in [6.45, 7) is 8.36. The Morgan fingerprint density at radius 3 is 2.82 bits per heavy atom. The maximum atomic E-state index is 5.23. The van der Waals surface area contributed by atoms with Crippen LogP contribution in [-0.2, 0) is 13.1 Å². The summed E-state index contributed by atoms with van der Waals surface area (Å²) in [5, 5.41) is 3.47. The van der Waals surface area contributed by atoms with Gasteiger partial charge in [0.2, 0.25) is 0 Å². The average molecular weight is 233 g/mol. The molecule has 0 bridgehead atoms. The zero-order valence-electron chi connectivity index (χ0n) is 11.2. The van der Waals surface area contributed by atoms with Crippen molar-refractivity contribution in [1.29, 1.82) is 0 Å². The van der Waals surface area contributed by atoms with Gasteiger partial charge in [0.25, 0.3) is 0 Å². The van der Waals surface area contributed by atoms with Crippen LogP contribution in [0.4, 0.5) is 0 Å². The van der Waals surface area contributed by atoms with E-state index in [4.69, 9.17) is 6.42 Å². The van der Waals surface area contributed by atoms with Gasteiger partial charge in [0, 0.05) is 31.2 Å². The molecule has 94 valence electrons. The zero-order chi connectivity index (χ0) is 12.7. The van der Waals surface area contributed by atoms with E-state index >= 15 is 0 Å². The molecule has 0 unspecified atom stereocenters. The number of hydrogen-bond donors (Lipinski definition) is 1. The van der Waals surface area contributed by atoms with Crippen LogP contribution in [0.1, 0.15) is 45.7 Å². The van der Waals surface area contributed by atoms with Crippen LogP contribution in [0.25, 0.3) is 0 Å². The molecule has 1 aromatic rings. The molecule has 0 spiro atoms. The summed E-state index contributed by atoms with van der Waals surface area (Å²) in [5.74, 6) is 2.67. The van der Waals surface area contributed by atoms with Gasteiger partial charge in [-0.2, -0.15) is 0 Å². The molecule has 17 heavy (non-hydrogen) atoms. The van der Waals surface area contributed by atoms with E-state index in [9.17, 15) is 0 Å². The van der Waals surface area contributed by atoms with E-state index in [1.54, 1.807) is 0 Å². The Morgan fingerprint density at radius 1 is 1.41 bits per heavy atom. The summed E-state index contributed by atoms with van der Waals surface area (Å²) in [4.78, 5) is 4.20. The molecule has 0 atom stereocenters. The Hall–Kier alpha value is -1.27. The first-order valence-corrected chi connectivity index (χ1v) is 6.20. The summed E-state index contributed by atoms with van der Waals surface area (Å²) in [6.07, 6.45) is 12.1. The summed E-state index contributed by atoms with van der Waals surface area (Å²) in [7, 11) is 0. The van der Waals surface area contributed by atoms with Crippen LogP contribution in [0, 0.1) is 12.3 Å². The summed E-state index contributed by atoms with van der Waals surface area (Å²) >= 11 is 0. The van der Waals surface area contributed by atoms with Gasteiger partial charge in [-0.15, -0.1) is 12.3 Å². The summed E-state index contributed by atoms with van der Waals surface area (Å²) < 4.78 is 2.20. The molecule has 0 aliphatic heterocycles. The van der Waals surface area contributed by atoms with Crippen LogP contribution in [-0.4, -0.2) is 15.1 Å². The van der Waals surface area contributed by atoms with Crippen LogP contribution >= 0.6 is 0 Å². The SMILES string of the molecule is C#CCCCCn1cncc1CNC(C)(C)C. The number of rotatable bonds is 6. The third-order valence-corrected chi connectivity index (χ3v) is 2.57. The van der Waals surface area contributed by atoms with Crippen LogP contribution in [0.5, 0.6) is 0 Å². The smallest absolute Gasteiger partial charge is 0.0948 e. The first-order chi connectivity index (χ1) is 8.03. The van der Waals surface area contributed by atoms with Gasteiger partial charge in [-0.1, -0.05) is 0 Å². The molecule has 0 radical (unpaired) electrons. The van der Waals surface area contributed by atoms with E-state index in [0.29, 0.717) is 0 Å². The van der Waals surface area contributed by atoms with Gasteiger partial charge in [0.05, 0.1) is 12.0 Å². The second-order valence-electron chi connectivity index (χ2n) is 5.34. The molecule has 1 aromatic heterocycles. The Kier molecular flexibility index (Phi) is 5.24. The lowest BCUT2D eigenvalue weighted by Crippen LogP contribution is -2.35. The van der Waals surface area contributed by atoms with Crippen molar-refractivity contribution in [2.45, 2.75) is 58.7 Å². The van der Waals surface area contributed by atoms with Crippen molar-refractivity contribution in [2.75, 3.05) is 0 Å². The lowest BCUT2D eigenvalue weighted by Gasteiger charge is -2.20. The molecule has 1 rings (SSSR count). The number of unbranched alkanes of at least 4 members (excludes halogenated alkanes) is 2. The van der Waals surface area contributed by atoms with E-state index in [-0.39, 0.29) is 5.54 Å². The molecule has 1 heterocycles. The lowest BCUT2D eigenvalue weighted by atomic mass is 10.1. The minimum absolute atomic E-state index is 0.137. The highest BCUT2D eigenvalue weighted by atomic mass is 15.1. The third-order valence-electron chi connectivity index (χ3n) is 2.57. The van der Waals surface area contributed by atoms with E-state index in [1.807, 2.05) is 12.5 Å². The van der Waals surface area contributed by atoms with Crippen molar-refractivity contribution in [1.82, 2.24) is 14.9 Å². The predicted octanol–water partition coefficient (Wildman–Crippen LogP) is 2.57. The van der Waals surface area contributed by atoms with Crippen molar-refractivity contribution in [2.24, 2.45) is 0 Å². The van der Waals surface area contributed by atoms with Crippen molar-refractivity contribution < 1.29 is 0 Å². The molecule has 0 aliphatic carbocycles. The Labute approximate surface area is 105 Å².